The topological polar surface area (TPSA) is 101 Å². The van der Waals surface area contributed by atoms with E-state index in [0.717, 1.165) is 18.5 Å². The Labute approximate surface area is 163 Å². The van der Waals surface area contributed by atoms with E-state index in [1.165, 1.54) is 29.0 Å². The lowest BCUT2D eigenvalue weighted by Gasteiger charge is -2.31. The van der Waals surface area contributed by atoms with Crippen molar-refractivity contribution in [3.05, 3.63) is 35.2 Å². The van der Waals surface area contributed by atoms with Crippen molar-refractivity contribution < 1.29 is 18.5 Å². The summed E-state index contributed by atoms with van der Waals surface area (Å²) in [5, 5.41) is 15.2. The second-order valence-electron chi connectivity index (χ2n) is 6.66. The van der Waals surface area contributed by atoms with Gasteiger partial charge >= 0.3 is 0 Å². The van der Waals surface area contributed by atoms with Crippen LogP contribution in [-0.2, 0) is 9.59 Å². The van der Waals surface area contributed by atoms with E-state index in [2.05, 4.69) is 20.7 Å². The number of hydrogen-bond acceptors (Lipinski definition) is 7. The number of aromatic nitrogens is 3. The second-order valence-corrected chi connectivity index (χ2v) is 7.49. The quantitative estimate of drug-likeness (QED) is 0.703. The van der Waals surface area contributed by atoms with Crippen LogP contribution in [0.1, 0.15) is 37.3 Å². The maximum atomic E-state index is 13.5. The van der Waals surface area contributed by atoms with Crippen LogP contribution in [0.2, 0.25) is 0 Å². The molecule has 0 bridgehead atoms. The summed E-state index contributed by atoms with van der Waals surface area (Å²) in [6.07, 6.45) is 1.70. The average molecular weight is 403 g/mol. The first-order valence-electron chi connectivity index (χ1n) is 8.99. The molecule has 0 spiro atoms. The largest absolute Gasteiger partial charge is 0.356 e. The number of amides is 2. The van der Waals surface area contributed by atoms with Gasteiger partial charge in [0.25, 0.3) is 0 Å². The summed E-state index contributed by atoms with van der Waals surface area (Å²) >= 11 is 1.23. The van der Waals surface area contributed by atoms with E-state index in [9.17, 15) is 14.0 Å². The minimum absolute atomic E-state index is 0.0538. The van der Waals surface area contributed by atoms with Crippen LogP contribution in [0.25, 0.3) is 11.0 Å². The standard InChI is InChI=1S/C18H18FN5O3S/c19-12-1-2-14-13(9-12)17(23-27-14)11-5-7-24(8-6-11)16(26)4-3-15(25)21-18-22-20-10-28-18/h1-2,9-11H,3-8H2,(H,21,22,25). The summed E-state index contributed by atoms with van der Waals surface area (Å²) in [5.41, 5.74) is 2.84. The second kappa shape index (κ2) is 8.01. The zero-order valence-corrected chi connectivity index (χ0v) is 15.7. The molecule has 28 heavy (non-hydrogen) atoms. The number of benzene rings is 1. The van der Waals surface area contributed by atoms with Crippen LogP contribution >= 0.6 is 11.3 Å². The molecule has 0 aliphatic carbocycles. The molecule has 146 valence electrons. The molecule has 8 nitrogen and oxygen atoms in total. The van der Waals surface area contributed by atoms with Gasteiger partial charge in [-0.15, -0.1) is 10.2 Å². The molecule has 0 atom stereocenters. The molecular weight excluding hydrogens is 385 g/mol. The highest BCUT2D eigenvalue weighted by atomic mass is 32.1. The fraction of sp³-hybridized carbons (Fsp3) is 0.389. The Morgan fingerprint density at radius 2 is 2.11 bits per heavy atom. The summed E-state index contributed by atoms with van der Waals surface area (Å²) in [5.74, 6) is -0.512. The predicted octanol–water partition coefficient (Wildman–Crippen LogP) is 2.94. The Hall–Kier alpha value is -2.88. The Morgan fingerprint density at radius 3 is 2.86 bits per heavy atom. The third-order valence-corrected chi connectivity index (χ3v) is 5.47. The van der Waals surface area contributed by atoms with Gasteiger partial charge in [0, 0.05) is 37.2 Å². The summed E-state index contributed by atoms with van der Waals surface area (Å²) in [7, 11) is 0. The molecule has 1 fully saturated rings. The SMILES string of the molecule is O=C(CCC(=O)N1CCC(c2noc3ccc(F)cc23)CC1)Nc1nncs1. The molecule has 1 saturated heterocycles. The van der Waals surface area contributed by atoms with Crippen molar-refractivity contribution in [1.82, 2.24) is 20.3 Å². The Morgan fingerprint density at radius 1 is 1.29 bits per heavy atom. The first-order valence-corrected chi connectivity index (χ1v) is 9.87. The first kappa shape index (κ1) is 18.5. The molecule has 2 aromatic heterocycles. The van der Waals surface area contributed by atoms with Gasteiger partial charge in [-0.05, 0) is 31.0 Å². The third kappa shape index (κ3) is 4.01. The van der Waals surface area contributed by atoms with Crippen molar-refractivity contribution in [2.24, 2.45) is 0 Å². The summed E-state index contributed by atoms with van der Waals surface area (Å²) in [6.45, 7) is 1.15. The van der Waals surface area contributed by atoms with Gasteiger partial charge in [0.1, 0.15) is 11.3 Å². The number of fused-ring (bicyclic) bond motifs is 1. The maximum Gasteiger partial charge on any atom is 0.226 e. The number of hydrogen-bond donors (Lipinski definition) is 1. The molecule has 1 aliphatic heterocycles. The highest BCUT2D eigenvalue weighted by Crippen LogP contribution is 2.33. The highest BCUT2D eigenvalue weighted by molar-refractivity contribution is 7.13. The molecule has 1 aliphatic rings. The molecule has 0 radical (unpaired) electrons. The van der Waals surface area contributed by atoms with E-state index in [0.29, 0.717) is 29.2 Å². The zero-order valence-electron chi connectivity index (χ0n) is 14.9. The van der Waals surface area contributed by atoms with Crippen LogP contribution in [0, 0.1) is 5.82 Å². The first-order chi connectivity index (χ1) is 13.6. The molecule has 2 amide bonds. The van der Waals surface area contributed by atoms with E-state index < -0.39 is 0 Å². The Bertz CT molecular complexity index is 982. The molecule has 0 unspecified atom stereocenters. The predicted molar refractivity (Wildman–Crippen MR) is 100 cm³/mol. The molecular formula is C18H18FN5O3S. The number of likely N-dealkylation sites (tertiary alicyclic amines) is 1. The number of nitrogens with one attached hydrogen (secondary N) is 1. The van der Waals surface area contributed by atoms with Crippen LogP contribution in [0.5, 0.6) is 0 Å². The lowest BCUT2D eigenvalue weighted by Crippen LogP contribution is -2.38. The van der Waals surface area contributed by atoms with Gasteiger partial charge < -0.3 is 14.7 Å². The van der Waals surface area contributed by atoms with Crippen molar-refractivity contribution in [3.8, 4) is 0 Å². The van der Waals surface area contributed by atoms with E-state index >= 15 is 0 Å². The van der Waals surface area contributed by atoms with E-state index in [4.69, 9.17) is 4.52 Å². The van der Waals surface area contributed by atoms with Crippen molar-refractivity contribution in [1.29, 1.82) is 0 Å². The number of anilines is 1. The molecule has 3 heterocycles. The van der Waals surface area contributed by atoms with Crippen LogP contribution < -0.4 is 5.32 Å². The van der Waals surface area contributed by atoms with Crippen LogP contribution in [0.15, 0.2) is 28.2 Å². The zero-order chi connectivity index (χ0) is 19.5. The number of piperidine rings is 1. The fourth-order valence-corrected chi connectivity index (χ4v) is 3.88. The number of carbonyl (C=O) groups is 2. The van der Waals surface area contributed by atoms with Gasteiger partial charge in [-0.25, -0.2) is 4.39 Å². The molecule has 0 saturated carbocycles. The van der Waals surface area contributed by atoms with Crippen molar-refractivity contribution in [2.75, 3.05) is 18.4 Å². The number of nitrogens with zero attached hydrogens (tertiary/aromatic N) is 4. The van der Waals surface area contributed by atoms with Gasteiger partial charge in [0.05, 0.1) is 5.69 Å². The van der Waals surface area contributed by atoms with Crippen LogP contribution in [0.4, 0.5) is 9.52 Å². The van der Waals surface area contributed by atoms with E-state index in [1.807, 2.05) is 0 Å². The fourth-order valence-electron chi connectivity index (χ4n) is 3.41. The molecule has 10 heteroatoms. The summed E-state index contributed by atoms with van der Waals surface area (Å²) < 4.78 is 18.8. The highest BCUT2D eigenvalue weighted by Gasteiger charge is 2.27. The van der Waals surface area contributed by atoms with Crippen LogP contribution in [0.3, 0.4) is 0 Å². The van der Waals surface area contributed by atoms with E-state index in [-0.39, 0.29) is 36.4 Å². The number of halogens is 1. The van der Waals surface area contributed by atoms with Gasteiger partial charge in [-0.3, -0.25) is 9.59 Å². The normalized spacial score (nSPS) is 15.1. The van der Waals surface area contributed by atoms with Crippen molar-refractivity contribution in [3.63, 3.8) is 0 Å². The van der Waals surface area contributed by atoms with Crippen LogP contribution in [-0.4, -0.2) is 45.2 Å². The van der Waals surface area contributed by atoms with Crippen molar-refractivity contribution >= 4 is 39.3 Å². The Balaban J connectivity index is 1.29. The smallest absolute Gasteiger partial charge is 0.226 e. The van der Waals surface area contributed by atoms with Gasteiger partial charge in [0.2, 0.25) is 16.9 Å². The summed E-state index contributed by atoms with van der Waals surface area (Å²) in [4.78, 5) is 26.0. The number of rotatable bonds is 5. The number of carbonyl (C=O) groups excluding carboxylic acids is 2. The third-order valence-electron chi connectivity index (χ3n) is 4.87. The molecule has 1 aromatic carbocycles. The minimum atomic E-state index is -0.323. The average Bonchev–Trinajstić information content (AvgIpc) is 3.35. The lowest BCUT2D eigenvalue weighted by molar-refractivity contribution is -0.133. The van der Waals surface area contributed by atoms with Crippen molar-refractivity contribution in [2.45, 2.75) is 31.6 Å². The molecule has 1 N–H and O–H groups in total. The minimum Gasteiger partial charge on any atom is -0.356 e. The van der Waals surface area contributed by atoms with Gasteiger partial charge in [0.15, 0.2) is 5.58 Å². The van der Waals surface area contributed by atoms with Gasteiger partial charge in [-0.2, -0.15) is 0 Å². The lowest BCUT2D eigenvalue weighted by atomic mass is 9.91. The monoisotopic (exact) mass is 403 g/mol. The molecule has 4 rings (SSSR count). The van der Waals surface area contributed by atoms with Gasteiger partial charge in [-0.1, -0.05) is 16.5 Å². The maximum absolute atomic E-state index is 13.5. The Kier molecular flexibility index (Phi) is 5.29. The summed E-state index contributed by atoms with van der Waals surface area (Å²) in [6, 6.07) is 4.36. The molecule has 3 aromatic rings. The van der Waals surface area contributed by atoms with E-state index in [1.54, 1.807) is 11.0 Å².